The van der Waals surface area contributed by atoms with Gasteiger partial charge in [-0.2, -0.15) is 0 Å². The van der Waals surface area contributed by atoms with E-state index < -0.39 is 10.0 Å². The molecule has 7 heteroatoms. The van der Waals surface area contributed by atoms with Gasteiger partial charge in [0, 0.05) is 6.42 Å². The largest absolute Gasteiger partial charge is 0.282 e. The summed E-state index contributed by atoms with van der Waals surface area (Å²) in [5, 5.41) is 11.3. The van der Waals surface area contributed by atoms with Crippen molar-refractivity contribution in [1.82, 2.24) is 15.2 Å². The number of aromatic amines is 1. The number of rotatable bonds is 3. The average Bonchev–Trinajstić information content (AvgIpc) is 2.74. The van der Waals surface area contributed by atoms with Crippen molar-refractivity contribution < 1.29 is 8.42 Å². The summed E-state index contributed by atoms with van der Waals surface area (Å²) < 4.78 is 22.5. The van der Waals surface area contributed by atoms with Crippen LogP contribution in [0.2, 0.25) is 0 Å². The van der Waals surface area contributed by atoms with Gasteiger partial charge in [-0.1, -0.05) is 0 Å². The lowest BCUT2D eigenvalue weighted by Gasteiger charge is -2.56. The Morgan fingerprint density at radius 2 is 1.70 bits per heavy atom. The van der Waals surface area contributed by atoms with Crippen molar-refractivity contribution in [2.75, 3.05) is 0 Å². The number of H-pyrrole nitrogens is 1. The zero-order valence-electron chi connectivity index (χ0n) is 11.4. The molecule has 6 nitrogen and oxygen atoms in total. The van der Waals surface area contributed by atoms with Crippen molar-refractivity contribution in [3.8, 4) is 0 Å². The maximum atomic E-state index is 11.2. The third-order valence-electron chi connectivity index (χ3n) is 5.47. The van der Waals surface area contributed by atoms with Gasteiger partial charge in [0.25, 0.3) is 15.2 Å². The molecule has 3 N–H and O–H groups in total. The Hall–Kier alpha value is -0.950. The monoisotopic (exact) mass is 296 g/mol. The second kappa shape index (κ2) is 4.04. The van der Waals surface area contributed by atoms with Crippen LogP contribution in [0.1, 0.15) is 44.3 Å². The molecule has 4 saturated carbocycles. The summed E-state index contributed by atoms with van der Waals surface area (Å²) >= 11 is 0. The minimum absolute atomic E-state index is 0.280. The van der Waals surface area contributed by atoms with Crippen molar-refractivity contribution in [1.29, 1.82) is 0 Å². The van der Waals surface area contributed by atoms with E-state index in [9.17, 15) is 8.42 Å². The molecule has 0 aromatic carbocycles. The van der Waals surface area contributed by atoms with Crippen LogP contribution in [0.3, 0.4) is 0 Å². The third-order valence-corrected chi connectivity index (χ3v) is 6.16. The first-order valence-corrected chi connectivity index (χ1v) is 8.91. The van der Waals surface area contributed by atoms with Crippen LogP contribution in [0.25, 0.3) is 0 Å². The van der Waals surface area contributed by atoms with Gasteiger partial charge < -0.3 is 0 Å². The van der Waals surface area contributed by atoms with Crippen molar-refractivity contribution in [2.45, 2.75) is 50.1 Å². The molecule has 4 aliphatic rings. The highest BCUT2D eigenvalue weighted by molar-refractivity contribution is 7.89. The first-order valence-electron chi connectivity index (χ1n) is 7.36. The Balaban J connectivity index is 1.58. The van der Waals surface area contributed by atoms with Crippen LogP contribution in [0.4, 0.5) is 0 Å². The highest BCUT2D eigenvalue weighted by Crippen LogP contribution is 2.60. The highest BCUT2D eigenvalue weighted by Gasteiger charge is 2.51. The third kappa shape index (κ3) is 2.07. The molecule has 4 bridgehead atoms. The molecule has 4 aliphatic carbocycles. The van der Waals surface area contributed by atoms with Gasteiger partial charge in [-0.15, -0.1) is 5.10 Å². The van der Waals surface area contributed by atoms with Crippen LogP contribution in [-0.2, 0) is 16.4 Å². The Morgan fingerprint density at radius 3 is 2.15 bits per heavy atom. The Kier molecular flexibility index (Phi) is 2.58. The van der Waals surface area contributed by atoms with Gasteiger partial charge in [0.1, 0.15) is 5.82 Å². The zero-order valence-corrected chi connectivity index (χ0v) is 12.2. The quantitative estimate of drug-likeness (QED) is 0.875. The zero-order chi connectivity index (χ0) is 14.0. The summed E-state index contributed by atoms with van der Waals surface area (Å²) in [5.41, 5.74) is 0.323. The second-order valence-corrected chi connectivity index (χ2v) is 8.66. The molecule has 1 aromatic rings. The molecule has 0 atom stereocenters. The van der Waals surface area contributed by atoms with Crippen LogP contribution in [0, 0.1) is 23.2 Å². The van der Waals surface area contributed by atoms with Crippen LogP contribution in [0.15, 0.2) is 5.16 Å². The Labute approximate surface area is 118 Å². The molecule has 110 valence electrons. The number of nitrogens with two attached hydrogens (primary N) is 1. The minimum Gasteiger partial charge on any atom is -0.262 e. The fourth-order valence-electron chi connectivity index (χ4n) is 5.35. The van der Waals surface area contributed by atoms with Gasteiger partial charge in [-0.05, 0) is 61.7 Å². The maximum absolute atomic E-state index is 11.2. The van der Waals surface area contributed by atoms with Crippen LogP contribution in [-0.4, -0.2) is 23.6 Å². The number of primary sulfonamides is 1. The molecule has 5 rings (SSSR count). The van der Waals surface area contributed by atoms with Crippen molar-refractivity contribution in [3.05, 3.63) is 5.82 Å². The molecule has 0 spiro atoms. The molecule has 0 aliphatic heterocycles. The van der Waals surface area contributed by atoms with E-state index in [2.05, 4.69) is 15.2 Å². The first kappa shape index (κ1) is 12.8. The van der Waals surface area contributed by atoms with E-state index in [0.717, 1.165) is 24.2 Å². The number of nitrogens with zero attached hydrogens (tertiary/aromatic N) is 2. The summed E-state index contributed by atoms with van der Waals surface area (Å²) in [4.78, 5) is 4.08. The van der Waals surface area contributed by atoms with E-state index in [-0.39, 0.29) is 5.16 Å². The fraction of sp³-hybridized carbons (Fsp3) is 0.846. The summed E-state index contributed by atoms with van der Waals surface area (Å²) in [6.07, 6.45) is 8.83. The topological polar surface area (TPSA) is 102 Å². The van der Waals surface area contributed by atoms with E-state index in [1.54, 1.807) is 0 Å². The normalized spacial score (nSPS) is 39.4. The van der Waals surface area contributed by atoms with Gasteiger partial charge in [0.2, 0.25) is 0 Å². The van der Waals surface area contributed by atoms with E-state index in [1.165, 1.54) is 38.5 Å². The molecule has 0 radical (unpaired) electrons. The van der Waals surface area contributed by atoms with E-state index >= 15 is 0 Å². The lowest BCUT2D eigenvalue weighted by Crippen LogP contribution is -2.47. The lowest BCUT2D eigenvalue weighted by atomic mass is 9.49. The number of hydrogen-bond acceptors (Lipinski definition) is 4. The van der Waals surface area contributed by atoms with Crippen LogP contribution < -0.4 is 5.14 Å². The predicted octanol–water partition coefficient (Wildman–Crippen LogP) is 1.21. The van der Waals surface area contributed by atoms with Crippen LogP contribution in [0.5, 0.6) is 0 Å². The number of aromatic nitrogens is 3. The first-order chi connectivity index (χ1) is 9.42. The molecule has 20 heavy (non-hydrogen) atoms. The molecule has 0 saturated heterocycles. The number of hydrogen-bond donors (Lipinski definition) is 2. The van der Waals surface area contributed by atoms with Crippen molar-refractivity contribution in [3.63, 3.8) is 0 Å². The summed E-state index contributed by atoms with van der Waals surface area (Å²) in [6.45, 7) is 0. The summed E-state index contributed by atoms with van der Waals surface area (Å²) in [7, 11) is -3.80. The minimum atomic E-state index is -3.80. The average molecular weight is 296 g/mol. The van der Waals surface area contributed by atoms with Gasteiger partial charge in [-0.3, -0.25) is 5.10 Å². The summed E-state index contributed by atoms with van der Waals surface area (Å²) in [6, 6.07) is 0. The fourth-order valence-corrected chi connectivity index (χ4v) is 5.76. The van der Waals surface area contributed by atoms with E-state index in [0.29, 0.717) is 11.2 Å². The smallest absolute Gasteiger partial charge is 0.262 e. The van der Waals surface area contributed by atoms with Gasteiger partial charge >= 0.3 is 0 Å². The molecule has 0 unspecified atom stereocenters. The van der Waals surface area contributed by atoms with Gasteiger partial charge in [0.05, 0.1) is 0 Å². The molecular weight excluding hydrogens is 276 g/mol. The molecule has 0 amide bonds. The SMILES string of the molecule is NS(=O)(=O)c1n[nH]c(CC23CC4CC(CC(C4)C2)C3)n1. The molecule has 4 fully saturated rings. The Morgan fingerprint density at radius 1 is 1.15 bits per heavy atom. The number of sulfonamides is 1. The molecular formula is C13H20N4O2S. The van der Waals surface area contributed by atoms with Gasteiger partial charge in [-0.25, -0.2) is 18.5 Å². The predicted molar refractivity (Wildman–Crippen MR) is 72.1 cm³/mol. The van der Waals surface area contributed by atoms with Crippen LogP contribution >= 0.6 is 0 Å². The maximum Gasteiger partial charge on any atom is 0.282 e. The Bertz CT molecular complexity index is 601. The van der Waals surface area contributed by atoms with Crippen molar-refractivity contribution >= 4 is 10.0 Å². The van der Waals surface area contributed by atoms with E-state index in [1.807, 2.05) is 0 Å². The standard InChI is InChI=1S/C13H20N4O2S/c14-20(18,19)12-15-11(16-17-12)7-13-4-8-1-9(5-13)3-10(2-8)6-13/h8-10H,1-7H2,(H2,14,18,19)(H,15,16,17). The number of nitrogens with one attached hydrogen (secondary N) is 1. The molecule has 1 aromatic heterocycles. The summed E-state index contributed by atoms with van der Waals surface area (Å²) in [5.74, 6) is 3.31. The van der Waals surface area contributed by atoms with Crippen molar-refractivity contribution in [2.24, 2.45) is 28.3 Å². The second-order valence-electron chi connectivity index (χ2n) is 7.20. The lowest BCUT2D eigenvalue weighted by molar-refractivity contribution is -0.0531. The highest BCUT2D eigenvalue weighted by atomic mass is 32.2. The van der Waals surface area contributed by atoms with E-state index in [4.69, 9.17) is 5.14 Å². The molecule has 1 heterocycles. The van der Waals surface area contributed by atoms with Gasteiger partial charge in [0.15, 0.2) is 0 Å².